The summed E-state index contributed by atoms with van der Waals surface area (Å²) >= 11 is -4.35. The SMILES string of the molecule is CCCCCC(CC(CCCCC)S(=O)[O-])S(=O)[O-]. The summed E-state index contributed by atoms with van der Waals surface area (Å²) in [6.07, 6.45) is 7.15. The lowest BCUT2D eigenvalue weighted by atomic mass is 10.0. The fourth-order valence-corrected chi connectivity index (χ4v) is 3.74. The summed E-state index contributed by atoms with van der Waals surface area (Å²) in [7, 11) is 0. The molecule has 0 radical (unpaired) electrons. The van der Waals surface area contributed by atoms with E-state index < -0.39 is 32.7 Å². The van der Waals surface area contributed by atoms with Crippen molar-refractivity contribution in [2.24, 2.45) is 0 Å². The Morgan fingerprint density at radius 2 is 1.16 bits per heavy atom. The van der Waals surface area contributed by atoms with Crippen molar-refractivity contribution in [3.63, 3.8) is 0 Å². The van der Waals surface area contributed by atoms with Crippen LogP contribution in [0.15, 0.2) is 0 Å². The summed E-state index contributed by atoms with van der Waals surface area (Å²) in [5, 5.41) is -1.04. The molecule has 4 atom stereocenters. The highest BCUT2D eigenvalue weighted by Gasteiger charge is 2.17. The van der Waals surface area contributed by atoms with E-state index in [2.05, 4.69) is 13.8 Å². The van der Waals surface area contributed by atoms with Crippen molar-refractivity contribution in [3.05, 3.63) is 0 Å². The molecule has 0 fully saturated rings. The van der Waals surface area contributed by atoms with E-state index in [0.29, 0.717) is 12.8 Å². The van der Waals surface area contributed by atoms with E-state index in [1.807, 2.05) is 0 Å². The fraction of sp³-hybridized carbons (Fsp3) is 1.00. The first kappa shape index (κ1) is 19.2. The second kappa shape index (κ2) is 12.0. The van der Waals surface area contributed by atoms with Crippen molar-refractivity contribution >= 4 is 22.2 Å². The minimum atomic E-state index is -2.17. The number of hydrogen-bond acceptors (Lipinski definition) is 4. The van der Waals surface area contributed by atoms with E-state index in [9.17, 15) is 17.5 Å². The lowest BCUT2D eigenvalue weighted by Crippen LogP contribution is -2.25. The predicted molar refractivity (Wildman–Crippen MR) is 78.3 cm³/mol. The zero-order valence-electron chi connectivity index (χ0n) is 12.0. The Bertz CT molecular complexity index is 245. The molecule has 6 heteroatoms. The van der Waals surface area contributed by atoms with Crippen molar-refractivity contribution in [2.45, 2.75) is 82.1 Å². The van der Waals surface area contributed by atoms with Crippen molar-refractivity contribution < 1.29 is 17.5 Å². The Morgan fingerprint density at radius 1 is 0.789 bits per heavy atom. The van der Waals surface area contributed by atoms with Crippen LogP contribution < -0.4 is 0 Å². The number of unbranched alkanes of at least 4 members (excludes halogenated alkanes) is 4. The maximum Gasteiger partial charge on any atom is 0.0226 e. The molecule has 0 aromatic rings. The van der Waals surface area contributed by atoms with Crippen molar-refractivity contribution in [2.75, 3.05) is 0 Å². The highest BCUT2D eigenvalue weighted by molar-refractivity contribution is 7.80. The van der Waals surface area contributed by atoms with Crippen LogP contribution in [0.5, 0.6) is 0 Å². The van der Waals surface area contributed by atoms with E-state index in [4.69, 9.17) is 0 Å². The summed E-state index contributed by atoms with van der Waals surface area (Å²) in [6, 6.07) is 0. The summed E-state index contributed by atoms with van der Waals surface area (Å²) < 4.78 is 44.7. The molecule has 0 aliphatic heterocycles. The van der Waals surface area contributed by atoms with E-state index in [1.165, 1.54) is 0 Å². The van der Waals surface area contributed by atoms with E-state index in [-0.39, 0.29) is 6.42 Å². The van der Waals surface area contributed by atoms with E-state index in [1.54, 1.807) is 0 Å². The Balaban J connectivity index is 4.31. The van der Waals surface area contributed by atoms with Crippen LogP contribution in [0.3, 0.4) is 0 Å². The van der Waals surface area contributed by atoms with Gasteiger partial charge in [0.2, 0.25) is 0 Å². The first-order chi connectivity index (χ1) is 9.02. The van der Waals surface area contributed by atoms with Crippen LogP contribution in [0, 0.1) is 0 Å². The largest absolute Gasteiger partial charge is 0.772 e. The Morgan fingerprint density at radius 3 is 1.42 bits per heavy atom. The molecular weight excluding hydrogens is 284 g/mol. The van der Waals surface area contributed by atoms with Crippen LogP contribution in [-0.2, 0) is 22.2 Å². The lowest BCUT2D eigenvalue weighted by molar-refractivity contribution is 0.471. The third-order valence-corrected chi connectivity index (χ3v) is 5.27. The first-order valence-electron chi connectivity index (χ1n) is 7.19. The Kier molecular flexibility index (Phi) is 12.1. The Hall–Kier alpha value is 0.220. The topological polar surface area (TPSA) is 80.3 Å². The van der Waals surface area contributed by atoms with E-state index >= 15 is 0 Å². The van der Waals surface area contributed by atoms with Crippen molar-refractivity contribution in [1.29, 1.82) is 0 Å². The van der Waals surface area contributed by atoms with Gasteiger partial charge in [-0.1, -0.05) is 74.5 Å². The summed E-state index contributed by atoms with van der Waals surface area (Å²) in [6.45, 7) is 4.12. The third-order valence-electron chi connectivity index (χ3n) is 3.33. The van der Waals surface area contributed by atoms with Crippen molar-refractivity contribution in [3.8, 4) is 0 Å². The molecule has 0 aromatic carbocycles. The van der Waals surface area contributed by atoms with Gasteiger partial charge in [-0.15, -0.1) is 0 Å². The monoisotopic (exact) mass is 310 g/mol. The van der Waals surface area contributed by atoms with Crippen LogP contribution in [0.1, 0.15) is 71.6 Å². The standard InChI is InChI=1S/C13H28O4S2/c1-3-5-7-9-12(18(14)15)11-13(19(16)17)10-8-6-4-2/h12-13H,3-11H2,1-2H3,(H,14,15)(H,16,17)/p-2. The third kappa shape index (κ3) is 9.71. The molecule has 0 rings (SSSR count). The van der Waals surface area contributed by atoms with Crippen LogP contribution in [0.25, 0.3) is 0 Å². The van der Waals surface area contributed by atoms with Gasteiger partial charge >= 0.3 is 0 Å². The average molecular weight is 310 g/mol. The molecule has 19 heavy (non-hydrogen) atoms. The van der Waals surface area contributed by atoms with Gasteiger partial charge in [-0.25, -0.2) is 0 Å². The van der Waals surface area contributed by atoms with Gasteiger partial charge < -0.3 is 9.11 Å². The Labute approximate surface area is 122 Å². The molecule has 0 bridgehead atoms. The van der Waals surface area contributed by atoms with Gasteiger partial charge in [-0.2, -0.15) is 0 Å². The highest BCUT2D eigenvalue weighted by atomic mass is 32.2. The average Bonchev–Trinajstić information content (AvgIpc) is 2.35. The molecule has 0 N–H and O–H groups in total. The lowest BCUT2D eigenvalue weighted by Gasteiger charge is -2.27. The highest BCUT2D eigenvalue weighted by Crippen LogP contribution is 2.19. The number of rotatable bonds is 12. The fourth-order valence-electron chi connectivity index (χ4n) is 2.12. The van der Waals surface area contributed by atoms with Gasteiger partial charge in [-0.05, 0) is 19.3 Å². The molecule has 0 saturated carbocycles. The summed E-state index contributed by atoms with van der Waals surface area (Å²) in [4.78, 5) is 0. The molecule has 0 saturated heterocycles. The molecule has 4 nitrogen and oxygen atoms in total. The van der Waals surface area contributed by atoms with Gasteiger partial charge in [0.15, 0.2) is 0 Å². The molecule has 0 heterocycles. The van der Waals surface area contributed by atoms with Gasteiger partial charge in [0.25, 0.3) is 0 Å². The zero-order chi connectivity index (χ0) is 14.7. The number of hydrogen-bond donors (Lipinski definition) is 0. The molecule has 0 aromatic heterocycles. The second-order valence-electron chi connectivity index (χ2n) is 4.99. The minimum absolute atomic E-state index is 0.250. The van der Waals surface area contributed by atoms with Gasteiger partial charge in [0.05, 0.1) is 0 Å². The quantitative estimate of drug-likeness (QED) is 0.410. The summed E-state index contributed by atoms with van der Waals surface area (Å²) in [5.74, 6) is 0. The molecule has 0 aliphatic rings. The van der Waals surface area contributed by atoms with Crippen LogP contribution in [0.2, 0.25) is 0 Å². The van der Waals surface area contributed by atoms with E-state index in [0.717, 1.165) is 38.5 Å². The maximum atomic E-state index is 11.2. The molecule has 4 unspecified atom stereocenters. The zero-order valence-corrected chi connectivity index (χ0v) is 13.6. The maximum absolute atomic E-state index is 11.2. The van der Waals surface area contributed by atoms with Gasteiger partial charge in [0, 0.05) is 10.5 Å². The van der Waals surface area contributed by atoms with Crippen LogP contribution in [-0.4, -0.2) is 28.0 Å². The molecule has 0 aliphatic carbocycles. The normalized spacial score (nSPS) is 17.9. The second-order valence-corrected chi connectivity index (χ2v) is 7.37. The summed E-state index contributed by atoms with van der Waals surface area (Å²) in [5.41, 5.74) is 0. The van der Waals surface area contributed by atoms with Gasteiger partial charge in [0.1, 0.15) is 0 Å². The molecule has 0 spiro atoms. The molecule has 0 amide bonds. The molecule has 116 valence electrons. The smallest absolute Gasteiger partial charge is 0.0226 e. The van der Waals surface area contributed by atoms with Crippen LogP contribution >= 0.6 is 0 Å². The molecular formula is C13H26O4S2-2. The van der Waals surface area contributed by atoms with Crippen LogP contribution in [0.4, 0.5) is 0 Å². The van der Waals surface area contributed by atoms with Crippen molar-refractivity contribution in [1.82, 2.24) is 0 Å². The minimum Gasteiger partial charge on any atom is -0.772 e. The van der Waals surface area contributed by atoms with Gasteiger partial charge in [-0.3, -0.25) is 8.42 Å². The first-order valence-corrected chi connectivity index (χ1v) is 9.46. The predicted octanol–water partition coefficient (Wildman–Crippen LogP) is 3.03.